The number of amides is 1. The maximum Gasteiger partial charge on any atom is 0.222 e. The molecular weight excluding hydrogens is 390 g/mol. The number of thiazole rings is 1. The van der Waals surface area contributed by atoms with E-state index in [0.29, 0.717) is 13.0 Å². The molecule has 5 nitrogen and oxygen atoms in total. The van der Waals surface area contributed by atoms with Crippen molar-refractivity contribution < 1.29 is 9.53 Å². The number of anilines is 1. The van der Waals surface area contributed by atoms with Crippen LogP contribution in [0.25, 0.3) is 0 Å². The summed E-state index contributed by atoms with van der Waals surface area (Å²) >= 11 is 5.10. The summed E-state index contributed by atoms with van der Waals surface area (Å²) in [6, 6.07) is 7.76. The zero-order valence-electron chi connectivity index (χ0n) is 13.4. The summed E-state index contributed by atoms with van der Waals surface area (Å²) in [5.41, 5.74) is 0. The number of rotatable bonds is 6. The Morgan fingerprint density at radius 1 is 1.25 bits per heavy atom. The minimum absolute atomic E-state index is 0.213. The van der Waals surface area contributed by atoms with Crippen LogP contribution >= 0.6 is 27.3 Å². The molecule has 0 unspecified atom stereocenters. The lowest BCUT2D eigenvalue weighted by Gasteiger charge is -2.34. The summed E-state index contributed by atoms with van der Waals surface area (Å²) in [4.78, 5) is 20.8. The van der Waals surface area contributed by atoms with Gasteiger partial charge in [-0.2, -0.15) is 0 Å². The lowest BCUT2D eigenvalue weighted by molar-refractivity contribution is -0.131. The van der Waals surface area contributed by atoms with E-state index in [-0.39, 0.29) is 5.91 Å². The molecule has 128 valence electrons. The number of aromatic nitrogens is 1. The molecule has 1 saturated heterocycles. The highest BCUT2D eigenvalue weighted by molar-refractivity contribution is 9.10. The minimum atomic E-state index is 0.213. The molecule has 1 amide bonds. The van der Waals surface area contributed by atoms with Gasteiger partial charge in [-0.25, -0.2) is 4.98 Å². The fraction of sp³-hybridized carbons (Fsp3) is 0.412. The predicted octanol–water partition coefficient (Wildman–Crippen LogP) is 3.41. The van der Waals surface area contributed by atoms with E-state index in [4.69, 9.17) is 4.74 Å². The lowest BCUT2D eigenvalue weighted by atomic mass is 10.2. The summed E-state index contributed by atoms with van der Waals surface area (Å²) in [7, 11) is 0. The topological polar surface area (TPSA) is 45.7 Å². The maximum absolute atomic E-state index is 12.3. The Labute approximate surface area is 154 Å². The Morgan fingerprint density at radius 2 is 2.04 bits per heavy atom. The first-order valence-corrected chi connectivity index (χ1v) is 9.71. The van der Waals surface area contributed by atoms with E-state index in [1.165, 1.54) is 0 Å². The van der Waals surface area contributed by atoms with Gasteiger partial charge in [-0.05, 0) is 34.5 Å². The second-order valence-electron chi connectivity index (χ2n) is 5.56. The van der Waals surface area contributed by atoms with Gasteiger partial charge in [0.15, 0.2) is 5.13 Å². The predicted molar refractivity (Wildman–Crippen MR) is 99.8 cm³/mol. The van der Waals surface area contributed by atoms with Crippen LogP contribution in [0.3, 0.4) is 0 Å². The number of halogens is 1. The van der Waals surface area contributed by atoms with Gasteiger partial charge in [0.2, 0.25) is 5.91 Å². The van der Waals surface area contributed by atoms with Gasteiger partial charge in [-0.15, -0.1) is 11.3 Å². The molecule has 7 heteroatoms. The van der Waals surface area contributed by atoms with Gasteiger partial charge in [0.25, 0.3) is 0 Å². The molecule has 1 aromatic carbocycles. The van der Waals surface area contributed by atoms with Gasteiger partial charge >= 0.3 is 0 Å². The Balaban J connectivity index is 1.36. The van der Waals surface area contributed by atoms with E-state index in [1.807, 2.05) is 40.7 Å². The van der Waals surface area contributed by atoms with Crippen molar-refractivity contribution in [3.05, 3.63) is 40.3 Å². The normalized spacial score (nSPS) is 14.7. The molecule has 1 fully saturated rings. The SMILES string of the molecule is O=C(CCCOc1ccccc1Br)N1CCN(c2nccs2)CC1. The molecule has 0 N–H and O–H groups in total. The van der Waals surface area contributed by atoms with Crippen LogP contribution in [0, 0.1) is 0 Å². The molecule has 0 atom stereocenters. The van der Waals surface area contributed by atoms with Crippen molar-refractivity contribution in [2.24, 2.45) is 0 Å². The number of ether oxygens (including phenoxy) is 1. The monoisotopic (exact) mass is 409 g/mol. The zero-order chi connectivity index (χ0) is 16.8. The second-order valence-corrected chi connectivity index (χ2v) is 7.29. The summed E-state index contributed by atoms with van der Waals surface area (Å²) in [6.07, 6.45) is 3.08. The molecule has 0 saturated carbocycles. The van der Waals surface area contributed by atoms with E-state index in [2.05, 4.69) is 25.8 Å². The van der Waals surface area contributed by atoms with Crippen LogP contribution in [0.5, 0.6) is 5.75 Å². The Morgan fingerprint density at radius 3 is 2.75 bits per heavy atom. The fourth-order valence-electron chi connectivity index (χ4n) is 2.64. The van der Waals surface area contributed by atoms with Crippen molar-refractivity contribution in [2.45, 2.75) is 12.8 Å². The highest BCUT2D eigenvalue weighted by Crippen LogP contribution is 2.24. The first-order valence-electron chi connectivity index (χ1n) is 8.03. The average Bonchev–Trinajstić information content (AvgIpc) is 3.15. The molecular formula is C17H20BrN3O2S. The molecule has 0 aliphatic carbocycles. The van der Waals surface area contributed by atoms with Crippen molar-refractivity contribution in [1.82, 2.24) is 9.88 Å². The molecule has 24 heavy (non-hydrogen) atoms. The van der Waals surface area contributed by atoms with Crippen LogP contribution in [0.4, 0.5) is 5.13 Å². The van der Waals surface area contributed by atoms with Gasteiger partial charge in [0.1, 0.15) is 5.75 Å². The maximum atomic E-state index is 12.3. The van der Waals surface area contributed by atoms with Crippen molar-refractivity contribution >= 4 is 38.3 Å². The number of para-hydroxylation sites is 1. The third kappa shape index (κ3) is 4.48. The highest BCUT2D eigenvalue weighted by Gasteiger charge is 2.21. The van der Waals surface area contributed by atoms with Gasteiger partial charge < -0.3 is 14.5 Å². The van der Waals surface area contributed by atoms with Crippen molar-refractivity contribution in [1.29, 1.82) is 0 Å². The Kier molecular flexibility index (Phi) is 6.09. The minimum Gasteiger partial charge on any atom is -0.492 e. The smallest absolute Gasteiger partial charge is 0.222 e. The number of carbonyl (C=O) groups is 1. The van der Waals surface area contributed by atoms with Crippen LogP contribution < -0.4 is 9.64 Å². The molecule has 1 aromatic heterocycles. The average molecular weight is 410 g/mol. The lowest BCUT2D eigenvalue weighted by Crippen LogP contribution is -2.48. The van der Waals surface area contributed by atoms with Crippen LogP contribution in [0.15, 0.2) is 40.3 Å². The third-order valence-corrected chi connectivity index (χ3v) is 5.44. The molecule has 3 rings (SSSR count). The number of hydrogen-bond donors (Lipinski definition) is 0. The van der Waals surface area contributed by atoms with Crippen LogP contribution in [-0.4, -0.2) is 48.6 Å². The molecule has 0 radical (unpaired) electrons. The van der Waals surface area contributed by atoms with Crippen molar-refractivity contribution in [3.8, 4) is 5.75 Å². The van der Waals surface area contributed by atoms with E-state index in [0.717, 1.165) is 48.0 Å². The standard InChI is InChI=1S/C17H20BrN3O2S/c18-14-4-1-2-5-15(14)23-12-3-6-16(22)20-8-10-21(11-9-20)17-19-7-13-24-17/h1-2,4-5,7,13H,3,6,8-12H2. The second kappa shape index (κ2) is 8.48. The molecule has 0 spiro atoms. The van der Waals surface area contributed by atoms with E-state index in [1.54, 1.807) is 11.3 Å². The van der Waals surface area contributed by atoms with Gasteiger partial charge in [0, 0.05) is 44.2 Å². The van der Waals surface area contributed by atoms with Crippen LogP contribution in [0.1, 0.15) is 12.8 Å². The Hall–Kier alpha value is -1.60. The zero-order valence-corrected chi connectivity index (χ0v) is 15.8. The number of piperazine rings is 1. The van der Waals surface area contributed by atoms with E-state index in [9.17, 15) is 4.79 Å². The molecule has 1 aliphatic heterocycles. The largest absolute Gasteiger partial charge is 0.492 e. The highest BCUT2D eigenvalue weighted by atomic mass is 79.9. The van der Waals surface area contributed by atoms with Gasteiger partial charge in [-0.3, -0.25) is 4.79 Å². The molecule has 2 heterocycles. The summed E-state index contributed by atoms with van der Waals surface area (Å²) in [5.74, 6) is 1.03. The van der Waals surface area contributed by atoms with Crippen LogP contribution in [0.2, 0.25) is 0 Å². The summed E-state index contributed by atoms with van der Waals surface area (Å²) < 4.78 is 6.65. The summed E-state index contributed by atoms with van der Waals surface area (Å²) in [6.45, 7) is 3.79. The molecule has 1 aliphatic rings. The van der Waals surface area contributed by atoms with E-state index >= 15 is 0 Å². The van der Waals surface area contributed by atoms with Gasteiger partial charge in [-0.1, -0.05) is 12.1 Å². The molecule has 2 aromatic rings. The van der Waals surface area contributed by atoms with Crippen molar-refractivity contribution in [3.63, 3.8) is 0 Å². The van der Waals surface area contributed by atoms with Crippen molar-refractivity contribution in [2.75, 3.05) is 37.7 Å². The summed E-state index contributed by atoms with van der Waals surface area (Å²) in [5, 5.41) is 3.03. The third-order valence-electron chi connectivity index (χ3n) is 3.95. The number of carbonyl (C=O) groups excluding carboxylic acids is 1. The first kappa shape index (κ1) is 17.2. The number of nitrogens with zero attached hydrogens (tertiary/aromatic N) is 3. The van der Waals surface area contributed by atoms with E-state index < -0.39 is 0 Å². The Bertz CT molecular complexity index is 658. The quantitative estimate of drug-likeness (QED) is 0.685. The van der Waals surface area contributed by atoms with Gasteiger partial charge in [0.05, 0.1) is 11.1 Å². The fourth-order valence-corrected chi connectivity index (χ4v) is 3.74. The first-order chi connectivity index (χ1) is 11.7. The number of hydrogen-bond acceptors (Lipinski definition) is 5. The van der Waals surface area contributed by atoms with Crippen LogP contribution in [-0.2, 0) is 4.79 Å². The number of benzene rings is 1. The molecule has 0 bridgehead atoms.